The van der Waals surface area contributed by atoms with Crippen molar-refractivity contribution in [3.05, 3.63) is 182 Å². The highest BCUT2D eigenvalue weighted by Crippen LogP contribution is 2.40. The molecule has 4 heteroatoms. The van der Waals surface area contributed by atoms with Gasteiger partial charge in [-0.05, 0) is 70.8 Å². The quantitative estimate of drug-likeness (QED) is 0.187. The standard InChI is InChI=1S/C44H30N4/c1-3-12-31(13-4-1)33-21-25-36(26-22-33)48(37-27-23-34(24-28-37)32-14-5-2-6-15-32)38-17-11-16-35(30-38)42-39-18-7-8-19-40(39)43-44(46-42)47-29-10-9-20-41(47)45-43/h1-30H. The number of aromatic nitrogens is 3. The molecule has 0 aliphatic carbocycles. The van der Waals surface area contributed by atoms with Gasteiger partial charge in [0.15, 0.2) is 5.65 Å². The van der Waals surface area contributed by atoms with Crippen LogP contribution in [-0.2, 0) is 0 Å². The second kappa shape index (κ2) is 11.7. The summed E-state index contributed by atoms with van der Waals surface area (Å²) in [5, 5.41) is 2.17. The Labute approximate surface area is 278 Å². The van der Waals surface area contributed by atoms with E-state index in [0.29, 0.717) is 0 Å². The molecule has 0 spiro atoms. The van der Waals surface area contributed by atoms with Crippen LogP contribution < -0.4 is 4.90 Å². The van der Waals surface area contributed by atoms with Crippen molar-refractivity contribution < 1.29 is 0 Å². The smallest absolute Gasteiger partial charge is 0.165 e. The molecule has 3 aromatic heterocycles. The number of imidazole rings is 1. The highest BCUT2D eigenvalue weighted by molar-refractivity contribution is 6.09. The van der Waals surface area contributed by atoms with E-state index in [0.717, 1.165) is 55.9 Å². The largest absolute Gasteiger partial charge is 0.310 e. The van der Waals surface area contributed by atoms with Crippen LogP contribution in [0.2, 0.25) is 0 Å². The molecular weight excluding hydrogens is 585 g/mol. The second-order valence-electron chi connectivity index (χ2n) is 11.9. The summed E-state index contributed by atoms with van der Waals surface area (Å²) in [4.78, 5) is 12.6. The molecule has 3 heterocycles. The minimum absolute atomic E-state index is 0.856. The van der Waals surface area contributed by atoms with Gasteiger partial charge in [-0.2, -0.15) is 0 Å². The average Bonchev–Trinajstić information content (AvgIpc) is 3.55. The van der Waals surface area contributed by atoms with Gasteiger partial charge in [0.25, 0.3) is 0 Å². The molecule has 0 radical (unpaired) electrons. The number of nitrogens with zero attached hydrogens (tertiary/aromatic N) is 4. The van der Waals surface area contributed by atoms with Gasteiger partial charge in [0, 0.05) is 39.6 Å². The first kappa shape index (κ1) is 27.8. The van der Waals surface area contributed by atoms with E-state index < -0.39 is 0 Å². The fourth-order valence-electron chi connectivity index (χ4n) is 6.66. The molecule has 0 unspecified atom stereocenters. The first-order valence-corrected chi connectivity index (χ1v) is 16.2. The Kier molecular flexibility index (Phi) is 6.76. The molecule has 0 fully saturated rings. The number of hydrogen-bond acceptors (Lipinski definition) is 3. The van der Waals surface area contributed by atoms with Crippen molar-refractivity contribution in [1.29, 1.82) is 0 Å². The van der Waals surface area contributed by atoms with Gasteiger partial charge in [0.2, 0.25) is 0 Å². The Morgan fingerprint density at radius 1 is 0.396 bits per heavy atom. The highest BCUT2D eigenvalue weighted by Gasteiger charge is 2.18. The van der Waals surface area contributed by atoms with Crippen molar-refractivity contribution in [2.45, 2.75) is 0 Å². The predicted octanol–water partition coefficient (Wildman–Crippen LogP) is 11.5. The van der Waals surface area contributed by atoms with Crippen LogP contribution in [0.1, 0.15) is 0 Å². The van der Waals surface area contributed by atoms with Gasteiger partial charge >= 0.3 is 0 Å². The molecule has 48 heavy (non-hydrogen) atoms. The number of benzene rings is 6. The molecule has 4 nitrogen and oxygen atoms in total. The van der Waals surface area contributed by atoms with Gasteiger partial charge in [-0.25, -0.2) is 9.97 Å². The zero-order chi connectivity index (χ0) is 31.9. The fraction of sp³-hybridized carbons (Fsp3) is 0. The average molecular weight is 615 g/mol. The van der Waals surface area contributed by atoms with Crippen molar-refractivity contribution in [1.82, 2.24) is 14.4 Å². The molecule has 0 saturated carbocycles. The summed E-state index contributed by atoms with van der Waals surface area (Å²) in [6.45, 7) is 0. The van der Waals surface area contributed by atoms with Gasteiger partial charge in [0.05, 0.1) is 5.69 Å². The van der Waals surface area contributed by atoms with Crippen LogP contribution in [0.4, 0.5) is 17.1 Å². The van der Waals surface area contributed by atoms with Crippen LogP contribution in [0.5, 0.6) is 0 Å². The first-order chi connectivity index (χ1) is 23.8. The van der Waals surface area contributed by atoms with Gasteiger partial charge in [-0.1, -0.05) is 127 Å². The number of rotatable bonds is 6. The maximum Gasteiger partial charge on any atom is 0.165 e. The number of hydrogen-bond donors (Lipinski definition) is 0. The molecular formula is C44H30N4. The van der Waals surface area contributed by atoms with E-state index in [1.54, 1.807) is 0 Å². The minimum atomic E-state index is 0.856. The molecule has 0 saturated heterocycles. The summed E-state index contributed by atoms with van der Waals surface area (Å²) in [7, 11) is 0. The van der Waals surface area contributed by atoms with Crippen LogP contribution >= 0.6 is 0 Å². The van der Waals surface area contributed by atoms with E-state index in [4.69, 9.17) is 9.97 Å². The zero-order valence-corrected chi connectivity index (χ0v) is 26.1. The molecule has 0 bridgehead atoms. The Hall–Kier alpha value is -6.52. The van der Waals surface area contributed by atoms with Crippen LogP contribution in [0, 0.1) is 0 Å². The SMILES string of the molecule is c1ccc(-c2ccc(N(c3ccc(-c4ccccc4)cc3)c3cccc(-c4nc5c(nc6ccccn65)c5ccccc45)c3)cc2)cc1. The summed E-state index contributed by atoms with van der Waals surface area (Å²) >= 11 is 0. The van der Waals surface area contributed by atoms with E-state index >= 15 is 0 Å². The lowest BCUT2D eigenvalue weighted by Gasteiger charge is -2.26. The third-order valence-corrected chi connectivity index (χ3v) is 9.00. The van der Waals surface area contributed by atoms with Crippen molar-refractivity contribution in [3.8, 4) is 33.5 Å². The van der Waals surface area contributed by atoms with Gasteiger partial charge in [-0.15, -0.1) is 0 Å². The van der Waals surface area contributed by atoms with Crippen molar-refractivity contribution in [2.75, 3.05) is 4.90 Å². The summed E-state index contributed by atoms with van der Waals surface area (Å²) in [6, 6.07) is 61.9. The molecule has 0 aliphatic heterocycles. The third kappa shape index (κ3) is 4.88. The maximum absolute atomic E-state index is 5.28. The minimum Gasteiger partial charge on any atom is -0.310 e. The van der Waals surface area contributed by atoms with Gasteiger partial charge in [0.1, 0.15) is 11.2 Å². The number of fused-ring (bicyclic) bond motifs is 5. The van der Waals surface area contributed by atoms with Crippen LogP contribution in [0.25, 0.3) is 61.1 Å². The van der Waals surface area contributed by atoms with Gasteiger partial charge < -0.3 is 4.90 Å². The van der Waals surface area contributed by atoms with E-state index in [1.165, 1.54) is 22.3 Å². The lowest BCUT2D eigenvalue weighted by molar-refractivity contribution is 1.19. The van der Waals surface area contributed by atoms with E-state index in [-0.39, 0.29) is 0 Å². The molecule has 0 amide bonds. The third-order valence-electron chi connectivity index (χ3n) is 9.00. The Bertz CT molecular complexity index is 2450. The highest BCUT2D eigenvalue weighted by atomic mass is 15.1. The van der Waals surface area contributed by atoms with Crippen LogP contribution in [0.15, 0.2) is 182 Å². The Balaban J connectivity index is 1.20. The summed E-state index contributed by atoms with van der Waals surface area (Å²) in [5.41, 5.74) is 12.6. The topological polar surface area (TPSA) is 33.4 Å². The Morgan fingerprint density at radius 2 is 0.938 bits per heavy atom. The number of anilines is 3. The predicted molar refractivity (Wildman–Crippen MR) is 199 cm³/mol. The molecule has 0 atom stereocenters. The second-order valence-corrected chi connectivity index (χ2v) is 11.9. The molecule has 0 N–H and O–H groups in total. The van der Waals surface area contributed by atoms with E-state index in [2.05, 4.69) is 167 Å². The lowest BCUT2D eigenvalue weighted by Crippen LogP contribution is -2.10. The Morgan fingerprint density at radius 3 is 1.58 bits per heavy atom. The molecule has 6 aromatic carbocycles. The van der Waals surface area contributed by atoms with Gasteiger partial charge in [-0.3, -0.25) is 4.40 Å². The van der Waals surface area contributed by atoms with E-state index in [1.807, 2.05) is 24.4 Å². The first-order valence-electron chi connectivity index (χ1n) is 16.2. The summed E-state index contributed by atoms with van der Waals surface area (Å²) in [6.07, 6.45) is 2.03. The molecule has 0 aliphatic rings. The lowest BCUT2D eigenvalue weighted by atomic mass is 10.0. The maximum atomic E-state index is 5.28. The summed E-state index contributed by atoms with van der Waals surface area (Å²) < 4.78 is 2.07. The zero-order valence-electron chi connectivity index (χ0n) is 26.1. The molecule has 9 rings (SSSR count). The van der Waals surface area contributed by atoms with Crippen LogP contribution in [-0.4, -0.2) is 14.4 Å². The monoisotopic (exact) mass is 614 g/mol. The van der Waals surface area contributed by atoms with Crippen molar-refractivity contribution in [2.24, 2.45) is 0 Å². The fourth-order valence-corrected chi connectivity index (χ4v) is 6.66. The number of pyridine rings is 2. The molecule has 9 aromatic rings. The van der Waals surface area contributed by atoms with E-state index in [9.17, 15) is 0 Å². The normalized spacial score (nSPS) is 11.3. The van der Waals surface area contributed by atoms with Crippen LogP contribution in [0.3, 0.4) is 0 Å². The summed E-state index contributed by atoms with van der Waals surface area (Å²) in [5.74, 6) is 0. The molecule has 226 valence electrons. The van der Waals surface area contributed by atoms with Crippen molar-refractivity contribution >= 4 is 44.6 Å². The van der Waals surface area contributed by atoms with Crippen molar-refractivity contribution in [3.63, 3.8) is 0 Å².